The third-order valence-corrected chi connectivity index (χ3v) is 3.27. The van der Waals surface area contributed by atoms with E-state index in [1.807, 2.05) is 34.7 Å². The summed E-state index contributed by atoms with van der Waals surface area (Å²) in [5.41, 5.74) is 1.71. The number of phenolic OH excluding ortho intramolecular Hbond substituents is 1. The van der Waals surface area contributed by atoms with Gasteiger partial charge in [0.15, 0.2) is 0 Å². The second-order valence-corrected chi connectivity index (χ2v) is 4.52. The van der Waals surface area contributed by atoms with Crippen molar-refractivity contribution in [3.05, 3.63) is 53.3 Å². The summed E-state index contributed by atoms with van der Waals surface area (Å²) in [6.45, 7) is 0. The highest BCUT2D eigenvalue weighted by molar-refractivity contribution is 9.10. The molecule has 17 heavy (non-hydrogen) atoms. The first-order valence-electron chi connectivity index (χ1n) is 5.18. The quantitative estimate of drug-likeness (QED) is 0.696. The van der Waals surface area contributed by atoms with E-state index < -0.39 is 0 Å². The van der Waals surface area contributed by atoms with Crippen molar-refractivity contribution >= 4 is 21.4 Å². The first-order valence-corrected chi connectivity index (χ1v) is 5.97. The molecule has 0 aliphatic carbocycles. The zero-order valence-corrected chi connectivity index (χ0v) is 10.4. The van der Waals surface area contributed by atoms with Crippen LogP contribution >= 0.6 is 15.9 Å². The number of aromatic hydroxyl groups is 1. The molecule has 4 heteroatoms. The highest BCUT2D eigenvalue weighted by Gasteiger charge is 2.11. The number of hydrogen-bond acceptors (Lipinski definition) is 2. The van der Waals surface area contributed by atoms with Crippen molar-refractivity contribution in [2.24, 2.45) is 0 Å². The summed E-state index contributed by atoms with van der Waals surface area (Å²) >= 11 is 3.49. The van der Waals surface area contributed by atoms with Crippen LogP contribution in [0.15, 0.2) is 53.3 Å². The van der Waals surface area contributed by atoms with Gasteiger partial charge in [-0.3, -0.25) is 4.40 Å². The number of imidazole rings is 1. The molecule has 0 saturated heterocycles. The number of para-hydroxylation sites is 1. The number of nitrogens with zero attached hydrogens (tertiary/aromatic N) is 2. The lowest BCUT2D eigenvalue weighted by molar-refractivity contribution is 0.477. The Bertz CT molecular complexity index is 691. The Balaban J connectivity index is 2.36. The Morgan fingerprint density at radius 1 is 1.06 bits per heavy atom. The monoisotopic (exact) mass is 288 g/mol. The predicted molar refractivity (Wildman–Crippen MR) is 70.0 cm³/mol. The molecular weight excluding hydrogens is 280 g/mol. The van der Waals surface area contributed by atoms with E-state index in [-0.39, 0.29) is 5.75 Å². The van der Waals surface area contributed by atoms with Crippen molar-refractivity contribution in [1.82, 2.24) is 9.38 Å². The molecule has 1 aromatic carbocycles. The van der Waals surface area contributed by atoms with E-state index in [1.54, 1.807) is 18.3 Å². The van der Waals surface area contributed by atoms with Gasteiger partial charge in [0, 0.05) is 0 Å². The highest BCUT2D eigenvalue weighted by atomic mass is 79.9. The van der Waals surface area contributed by atoms with E-state index in [1.165, 1.54) is 0 Å². The molecule has 0 bridgehead atoms. The minimum absolute atomic E-state index is 0.232. The summed E-state index contributed by atoms with van der Waals surface area (Å²) in [5.74, 6) is 0.960. The molecule has 0 fully saturated rings. The number of hydrogen-bond donors (Lipinski definition) is 1. The number of aromatic nitrogens is 2. The number of rotatable bonds is 1. The van der Waals surface area contributed by atoms with Gasteiger partial charge in [-0.25, -0.2) is 4.98 Å². The normalized spacial score (nSPS) is 10.9. The standard InChI is InChI=1S/C13H9BrN2O/c14-12-7-3-4-9-8-15-13(16(9)12)10-5-1-2-6-11(10)17/h1-8,17H. The van der Waals surface area contributed by atoms with E-state index in [0.717, 1.165) is 21.5 Å². The minimum atomic E-state index is 0.232. The second-order valence-electron chi connectivity index (χ2n) is 3.71. The molecule has 2 aromatic heterocycles. The molecule has 84 valence electrons. The van der Waals surface area contributed by atoms with Crippen LogP contribution in [0.2, 0.25) is 0 Å². The highest BCUT2D eigenvalue weighted by Crippen LogP contribution is 2.30. The fourth-order valence-electron chi connectivity index (χ4n) is 1.86. The number of halogens is 1. The molecule has 2 heterocycles. The number of phenols is 1. The number of fused-ring (bicyclic) bond motifs is 1. The molecule has 3 nitrogen and oxygen atoms in total. The van der Waals surface area contributed by atoms with Crippen LogP contribution in [0.4, 0.5) is 0 Å². The first kappa shape index (κ1) is 10.4. The lowest BCUT2D eigenvalue weighted by atomic mass is 10.2. The zero-order valence-electron chi connectivity index (χ0n) is 8.84. The number of benzene rings is 1. The lowest BCUT2D eigenvalue weighted by Crippen LogP contribution is -1.91. The zero-order chi connectivity index (χ0) is 11.8. The molecule has 0 amide bonds. The van der Waals surface area contributed by atoms with E-state index in [0.29, 0.717) is 0 Å². The van der Waals surface area contributed by atoms with Gasteiger partial charge in [-0.1, -0.05) is 18.2 Å². The van der Waals surface area contributed by atoms with E-state index in [2.05, 4.69) is 20.9 Å². The maximum Gasteiger partial charge on any atom is 0.149 e. The maximum atomic E-state index is 9.86. The molecule has 0 spiro atoms. The molecule has 0 atom stereocenters. The van der Waals surface area contributed by atoms with Crippen LogP contribution < -0.4 is 0 Å². The fourth-order valence-corrected chi connectivity index (χ4v) is 2.39. The van der Waals surface area contributed by atoms with Gasteiger partial charge < -0.3 is 5.11 Å². The smallest absolute Gasteiger partial charge is 0.149 e. The van der Waals surface area contributed by atoms with Crippen molar-refractivity contribution < 1.29 is 5.11 Å². The van der Waals surface area contributed by atoms with Crippen LogP contribution in [0.3, 0.4) is 0 Å². The lowest BCUT2D eigenvalue weighted by Gasteiger charge is -2.05. The fraction of sp³-hybridized carbons (Fsp3) is 0. The van der Waals surface area contributed by atoms with Gasteiger partial charge in [-0.05, 0) is 40.2 Å². The average Bonchev–Trinajstić information content (AvgIpc) is 2.75. The molecule has 0 unspecified atom stereocenters. The molecule has 0 aliphatic rings. The molecule has 1 N–H and O–H groups in total. The predicted octanol–water partition coefficient (Wildman–Crippen LogP) is 3.47. The Labute approximate surface area is 106 Å². The van der Waals surface area contributed by atoms with Gasteiger partial charge in [0.2, 0.25) is 0 Å². The summed E-state index contributed by atoms with van der Waals surface area (Å²) in [7, 11) is 0. The molecule has 0 aliphatic heterocycles. The Morgan fingerprint density at radius 2 is 1.88 bits per heavy atom. The van der Waals surface area contributed by atoms with Crippen LogP contribution in [0.1, 0.15) is 0 Å². The van der Waals surface area contributed by atoms with Gasteiger partial charge in [-0.15, -0.1) is 0 Å². The average molecular weight is 289 g/mol. The SMILES string of the molecule is Oc1ccccc1-c1ncc2cccc(Br)n12. The molecule has 0 radical (unpaired) electrons. The molecule has 3 aromatic rings. The maximum absolute atomic E-state index is 9.86. The molecule has 0 saturated carbocycles. The third-order valence-electron chi connectivity index (χ3n) is 2.65. The van der Waals surface area contributed by atoms with E-state index in [9.17, 15) is 5.11 Å². The van der Waals surface area contributed by atoms with Crippen LogP contribution in [0.5, 0.6) is 5.75 Å². The topological polar surface area (TPSA) is 37.5 Å². The van der Waals surface area contributed by atoms with Crippen molar-refractivity contribution in [1.29, 1.82) is 0 Å². The second kappa shape index (κ2) is 3.89. The van der Waals surface area contributed by atoms with Crippen molar-refractivity contribution in [2.75, 3.05) is 0 Å². The van der Waals surface area contributed by atoms with Gasteiger partial charge in [0.1, 0.15) is 11.6 Å². The van der Waals surface area contributed by atoms with Gasteiger partial charge >= 0.3 is 0 Å². The first-order chi connectivity index (χ1) is 8.27. The van der Waals surface area contributed by atoms with Crippen LogP contribution in [-0.2, 0) is 0 Å². The Hall–Kier alpha value is -1.81. The van der Waals surface area contributed by atoms with E-state index >= 15 is 0 Å². The summed E-state index contributed by atoms with van der Waals surface area (Å²) in [6.07, 6.45) is 1.78. The molecular formula is C13H9BrN2O. The largest absolute Gasteiger partial charge is 0.507 e. The van der Waals surface area contributed by atoms with Crippen LogP contribution in [0, 0.1) is 0 Å². The van der Waals surface area contributed by atoms with Crippen molar-refractivity contribution in [3.63, 3.8) is 0 Å². The van der Waals surface area contributed by atoms with Gasteiger partial charge in [0.25, 0.3) is 0 Å². The van der Waals surface area contributed by atoms with Gasteiger partial charge in [-0.2, -0.15) is 0 Å². The summed E-state index contributed by atoms with van der Waals surface area (Å²) in [5, 5.41) is 9.86. The molecule has 3 rings (SSSR count). The summed E-state index contributed by atoms with van der Waals surface area (Å²) < 4.78 is 2.86. The third kappa shape index (κ3) is 1.61. The summed E-state index contributed by atoms with van der Waals surface area (Å²) in [6, 6.07) is 13.1. The van der Waals surface area contributed by atoms with E-state index in [4.69, 9.17) is 0 Å². The number of pyridine rings is 1. The Morgan fingerprint density at radius 3 is 2.71 bits per heavy atom. The van der Waals surface area contributed by atoms with Crippen LogP contribution in [0.25, 0.3) is 16.9 Å². The van der Waals surface area contributed by atoms with Crippen LogP contribution in [-0.4, -0.2) is 14.5 Å². The summed E-state index contributed by atoms with van der Waals surface area (Å²) in [4.78, 5) is 4.36. The Kier molecular flexibility index (Phi) is 2.37. The van der Waals surface area contributed by atoms with Gasteiger partial charge in [0.05, 0.1) is 21.9 Å². The van der Waals surface area contributed by atoms with Crippen molar-refractivity contribution in [2.45, 2.75) is 0 Å². The van der Waals surface area contributed by atoms with Crippen molar-refractivity contribution in [3.8, 4) is 17.1 Å². The minimum Gasteiger partial charge on any atom is -0.507 e.